The van der Waals surface area contributed by atoms with E-state index in [1.165, 1.54) is 0 Å². The molecule has 0 aromatic carbocycles. The van der Waals surface area contributed by atoms with Gasteiger partial charge in [-0.2, -0.15) is 0 Å². The Morgan fingerprint density at radius 2 is 1.63 bits per heavy atom. The molecule has 0 saturated heterocycles. The van der Waals surface area contributed by atoms with Crippen molar-refractivity contribution in [3.8, 4) is 12.5 Å². The van der Waals surface area contributed by atoms with Gasteiger partial charge in [-0.05, 0) is 39.0 Å². The van der Waals surface area contributed by atoms with Gasteiger partial charge in [0.15, 0.2) is 0 Å². The Hall–Kier alpha value is -2.72. The van der Waals surface area contributed by atoms with E-state index in [-0.39, 0.29) is 0 Å². The largest absolute Gasteiger partial charge is 0.393 e. The Kier molecular flexibility index (Phi) is 8.94. The Balaban J connectivity index is 4.67. The van der Waals surface area contributed by atoms with E-state index in [0.29, 0.717) is 11.5 Å². The Labute approximate surface area is 113 Å². The van der Waals surface area contributed by atoms with Crippen LogP contribution in [0.3, 0.4) is 0 Å². The minimum absolute atomic E-state index is 0.466. The molecule has 0 radical (unpaired) electrons. The molecular weight excluding hydrogens is 240 g/mol. The molecule has 0 bridgehead atoms. The lowest BCUT2D eigenvalue weighted by atomic mass is 10.2. The summed E-state index contributed by atoms with van der Waals surface area (Å²) in [5.41, 5.74) is 0.967. The number of allylic oxidation sites excluding steroid dienone is 9. The predicted octanol–water partition coefficient (Wildman–Crippen LogP) is 3.85. The molecule has 0 spiro atoms. The third-order valence-electron chi connectivity index (χ3n) is 1.90. The Morgan fingerprint density at radius 1 is 0.947 bits per heavy atom. The fourth-order valence-electron chi connectivity index (χ4n) is 1.05. The van der Waals surface area contributed by atoms with Crippen LogP contribution in [0.15, 0.2) is 59.6 Å². The van der Waals surface area contributed by atoms with E-state index < -0.39 is 0 Å². The van der Waals surface area contributed by atoms with Crippen molar-refractivity contribution in [2.75, 3.05) is 0 Å². The number of hydrogen-bond acceptors (Lipinski definition) is 4. The molecule has 0 rings (SSSR count). The van der Waals surface area contributed by atoms with Crippen LogP contribution in [0, 0.1) is 23.0 Å². The summed E-state index contributed by atoms with van der Waals surface area (Å²) in [6.07, 6.45) is 15.5. The molecule has 0 amide bonds. The normalized spacial score (nSPS) is 13.4. The lowest BCUT2D eigenvalue weighted by Crippen LogP contribution is -1.79. The van der Waals surface area contributed by atoms with Crippen LogP contribution in [0.4, 0.5) is 0 Å². The summed E-state index contributed by atoms with van der Waals surface area (Å²) >= 11 is 0. The maximum atomic E-state index is 8.44. The van der Waals surface area contributed by atoms with Gasteiger partial charge in [-0.15, -0.1) is 10.5 Å². The zero-order valence-electron chi connectivity index (χ0n) is 11.3. The highest BCUT2D eigenvalue weighted by Crippen LogP contribution is 2.03. The third kappa shape index (κ3) is 9.02. The highest BCUT2D eigenvalue weighted by molar-refractivity contribution is 5.27. The van der Waals surface area contributed by atoms with Crippen LogP contribution < -0.4 is 0 Å². The summed E-state index contributed by atoms with van der Waals surface area (Å²) in [6.45, 7) is 5.44. The molecule has 0 unspecified atom stereocenters. The fraction of sp³-hybridized carbons (Fsp3) is 0.200. The fourth-order valence-corrected chi connectivity index (χ4v) is 1.05. The molecule has 0 aliphatic carbocycles. The van der Waals surface area contributed by atoms with Gasteiger partial charge in [0, 0.05) is 0 Å². The molecule has 0 N–H and O–H groups in total. The number of hydrogen-bond donors (Lipinski definition) is 0. The highest BCUT2D eigenvalue weighted by Gasteiger charge is 1.89. The van der Waals surface area contributed by atoms with Crippen molar-refractivity contribution >= 4 is 0 Å². The van der Waals surface area contributed by atoms with Crippen LogP contribution in [0.1, 0.15) is 20.8 Å². The first-order valence-electron chi connectivity index (χ1n) is 5.62. The van der Waals surface area contributed by atoms with Crippen LogP contribution in [-0.2, 0) is 9.47 Å². The van der Waals surface area contributed by atoms with E-state index in [9.17, 15) is 0 Å². The minimum atomic E-state index is 0.466. The zero-order valence-corrected chi connectivity index (χ0v) is 11.3. The van der Waals surface area contributed by atoms with Crippen molar-refractivity contribution in [2.45, 2.75) is 20.8 Å². The van der Waals surface area contributed by atoms with Crippen LogP contribution >= 0.6 is 0 Å². The Morgan fingerprint density at radius 3 is 2.21 bits per heavy atom. The van der Waals surface area contributed by atoms with Crippen LogP contribution in [0.25, 0.3) is 0 Å². The standard InChI is InChI=1S/C15H16N2O2/c1-4-6-15(19-12-17)8-5-7-13(2)9-10-14(3)18-11-16/h4-10H,1-3H3/b6-4-,7-5+,13-9+,14-10+,15-8+. The molecule has 0 aromatic heterocycles. The topological polar surface area (TPSA) is 66.0 Å². The van der Waals surface area contributed by atoms with Gasteiger partial charge in [-0.1, -0.05) is 29.9 Å². The smallest absolute Gasteiger partial charge is 0.292 e. The first-order chi connectivity index (χ1) is 9.13. The number of nitrogens with zero attached hydrogens (tertiary/aromatic N) is 2. The van der Waals surface area contributed by atoms with Gasteiger partial charge in [0.1, 0.15) is 11.5 Å². The van der Waals surface area contributed by atoms with E-state index >= 15 is 0 Å². The zero-order chi connectivity index (χ0) is 14.5. The monoisotopic (exact) mass is 256 g/mol. The van der Waals surface area contributed by atoms with Gasteiger partial charge in [0.05, 0.1) is 0 Å². The maximum Gasteiger partial charge on any atom is 0.292 e. The van der Waals surface area contributed by atoms with Gasteiger partial charge in [0.25, 0.3) is 12.5 Å². The van der Waals surface area contributed by atoms with E-state index in [1.807, 2.05) is 26.0 Å². The lowest BCUT2D eigenvalue weighted by Gasteiger charge is -1.94. The van der Waals surface area contributed by atoms with E-state index in [0.717, 1.165) is 5.57 Å². The molecule has 19 heavy (non-hydrogen) atoms. The van der Waals surface area contributed by atoms with E-state index in [1.54, 1.807) is 49.8 Å². The van der Waals surface area contributed by atoms with Crippen molar-refractivity contribution in [2.24, 2.45) is 0 Å². The summed E-state index contributed by atoms with van der Waals surface area (Å²) in [6, 6.07) is 0. The van der Waals surface area contributed by atoms with Gasteiger partial charge in [0.2, 0.25) is 0 Å². The average molecular weight is 256 g/mol. The van der Waals surface area contributed by atoms with Crippen molar-refractivity contribution in [3.05, 3.63) is 59.6 Å². The Bertz CT molecular complexity index is 509. The predicted molar refractivity (Wildman–Crippen MR) is 72.9 cm³/mol. The molecule has 0 heterocycles. The van der Waals surface area contributed by atoms with Gasteiger partial charge < -0.3 is 9.47 Å². The quantitative estimate of drug-likeness (QED) is 0.411. The van der Waals surface area contributed by atoms with Gasteiger partial charge >= 0.3 is 0 Å². The van der Waals surface area contributed by atoms with Crippen LogP contribution in [-0.4, -0.2) is 0 Å². The summed E-state index contributed by atoms with van der Waals surface area (Å²) in [4.78, 5) is 0. The van der Waals surface area contributed by atoms with Crippen LogP contribution in [0.5, 0.6) is 0 Å². The summed E-state index contributed by atoms with van der Waals surface area (Å²) in [7, 11) is 0. The van der Waals surface area contributed by atoms with Crippen molar-refractivity contribution in [1.29, 1.82) is 10.5 Å². The molecule has 0 aliphatic rings. The highest BCUT2D eigenvalue weighted by atomic mass is 16.5. The van der Waals surface area contributed by atoms with Crippen LogP contribution in [0.2, 0.25) is 0 Å². The summed E-state index contributed by atoms with van der Waals surface area (Å²) in [5, 5.41) is 16.7. The van der Waals surface area contributed by atoms with E-state index in [2.05, 4.69) is 4.74 Å². The first-order valence-corrected chi connectivity index (χ1v) is 5.62. The van der Waals surface area contributed by atoms with Crippen molar-refractivity contribution in [1.82, 2.24) is 0 Å². The number of nitriles is 2. The second-order valence-electron chi connectivity index (χ2n) is 3.50. The minimum Gasteiger partial charge on any atom is -0.393 e. The molecule has 0 aliphatic heterocycles. The average Bonchev–Trinajstić information content (AvgIpc) is 2.37. The molecule has 0 saturated carbocycles. The van der Waals surface area contributed by atoms with E-state index in [4.69, 9.17) is 15.3 Å². The second kappa shape index (κ2) is 10.4. The maximum absolute atomic E-state index is 8.44. The summed E-state index contributed by atoms with van der Waals surface area (Å²) in [5.74, 6) is 0.988. The van der Waals surface area contributed by atoms with Gasteiger partial charge in [-0.3, -0.25) is 0 Å². The van der Waals surface area contributed by atoms with Crippen molar-refractivity contribution in [3.63, 3.8) is 0 Å². The third-order valence-corrected chi connectivity index (χ3v) is 1.90. The molecule has 0 fully saturated rings. The first kappa shape index (κ1) is 16.3. The molecule has 0 aromatic rings. The molecular formula is C15H16N2O2. The summed E-state index contributed by atoms with van der Waals surface area (Å²) < 4.78 is 9.36. The van der Waals surface area contributed by atoms with Crippen molar-refractivity contribution < 1.29 is 9.47 Å². The molecule has 4 heteroatoms. The number of ether oxygens (including phenoxy) is 2. The second-order valence-corrected chi connectivity index (χ2v) is 3.50. The lowest BCUT2D eigenvalue weighted by molar-refractivity contribution is 0.377. The molecule has 4 nitrogen and oxygen atoms in total. The van der Waals surface area contributed by atoms with Gasteiger partial charge in [-0.25, -0.2) is 0 Å². The number of rotatable bonds is 6. The molecule has 98 valence electrons. The molecule has 0 atom stereocenters. The SMILES string of the molecule is C\C=C/C(=C\C=C\C(C)=C\C=C(/C)OC#N)OC#N.